The number of hydrogen-bond acceptors (Lipinski definition) is 8. The quantitative estimate of drug-likeness (QED) is 0.542. The predicted molar refractivity (Wildman–Crippen MR) is 115 cm³/mol. The number of nitrogens with one attached hydrogen (secondary N) is 1. The van der Waals surface area contributed by atoms with Gasteiger partial charge < -0.3 is 13.9 Å². The van der Waals surface area contributed by atoms with Crippen LogP contribution in [0.3, 0.4) is 0 Å². The summed E-state index contributed by atoms with van der Waals surface area (Å²) in [5.41, 5.74) is 1.38. The van der Waals surface area contributed by atoms with Gasteiger partial charge in [0.2, 0.25) is 5.76 Å². The SMILES string of the molecule is CCOC(=O)c1oc2ccccc2c1COC(=O)CCN=C1NS(=O)(=O)c2ccccc21. The second-order valence-corrected chi connectivity index (χ2v) is 8.52. The normalized spacial score (nSPS) is 15.3. The van der Waals surface area contributed by atoms with E-state index in [1.807, 2.05) is 0 Å². The first-order valence-electron chi connectivity index (χ1n) is 9.90. The second-order valence-electron chi connectivity index (χ2n) is 6.87. The molecular formula is C22H20N2O7S. The molecule has 0 unspecified atom stereocenters. The van der Waals surface area contributed by atoms with E-state index in [4.69, 9.17) is 13.9 Å². The van der Waals surface area contributed by atoms with Gasteiger partial charge in [-0.15, -0.1) is 0 Å². The van der Waals surface area contributed by atoms with E-state index in [0.29, 0.717) is 22.1 Å². The highest BCUT2D eigenvalue weighted by Gasteiger charge is 2.30. The van der Waals surface area contributed by atoms with Crippen molar-refractivity contribution in [1.82, 2.24) is 4.72 Å². The smallest absolute Gasteiger partial charge is 0.374 e. The van der Waals surface area contributed by atoms with E-state index in [-0.39, 0.29) is 42.7 Å². The van der Waals surface area contributed by atoms with Crippen LogP contribution in [0.1, 0.15) is 35.0 Å². The fraction of sp³-hybridized carbons (Fsp3) is 0.227. The second kappa shape index (κ2) is 8.83. The summed E-state index contributed by atoms with van der Waals surface area (Å²) >= 11 is 0. The van der Waals surface area contributed by atoms with Crippen molar-refractivity contribution < 1.29 is 31.9 Å². The number of fused-ring (bicyclic) bond motifs is 2. The Morgan fingerprint density at radius 2 is 1.81 bits per heavy atom. The summed E-state index contributed by atoms with van der Waals surface area (Å²) < 4.78 is 42.5. The Kier molecular flexibility index (Phi) is 5.95. The molecule has 3 aromatic rings. The van der Waals surface area contributed by atoms with Crippen molar-refractivity contribution in [3.63, 3.8) is 0 Å². The molecule has 2 aromatic carbocycles. The summed E-state index contributed by atoms with van der Waals surface area (Å²) in [6.45, 7) is 1.73. The fourth-order valence-corrected chi connectivity index (χ4v) is 4.59. The Labute approximate surface area is 184 Å². The molecule has 0 saturated carbocycles. The topological polar surface area (TPSA) is 124 Å². The molecule has 0 bridgehead atoms. The van der Waals surface area contributed by atoms with E-state index in [0.717, 1.165) is 0 Å². The van der Waals surface area contributed by atoms with Gasteiger partial charge in [0.25, 0.3) is 10.0 Å². The van der Waals surface area contributed by atoms with Gasteiger partial charge in [-0.05, 0) is 25.1 Å². The first kappa shape index (κ1) is 21.6. The Morgan fingerprint density at radius 3 is 2.62 bits per heavy atom. The lowest BCUT2D eigenvalue weighted by Gasteiger charge is -2.05. The van der Waals surface area contributed by atoms with Crippen molar-refractivity contribution in [3.8, 4) is 0 Å². The van der Waals surface area contributed by atoms with Crippen molar-refractivity contribution in [3.05, 3.63) is 65.4 Å². The van der Waals surface area contributed by atoms with Gasteiger partial charge >= 0.3 is 11.9 Å². The zero-order valence-corrected chi connectivity index (χ0v) is 18.0. The molecule has 0 saturated heterocycles. The number of hydrogen-bond donors (Lipinski definition) is 1. The molecule has 9 nitrogen and oxygen atoms in total. The van der Waals surface area contributed by atoms with Gasteiger partial charge in [-0.25, -0.2) is 13.2 Å². The standard InChI is InChI=1S/C22H20N2O7S/c1-2-29-22(26)20-16(14-7-3-5-9-17(14)31-20)13-30-19(25)11-12-23-21-15-8-4-6-10-18(15)32(27,28)24-21/h3-10H,2,11-13H2,1H3,(H,23,24). The fourth-order valence-electron chi connectivity index (χ4n) is 3.34. The van der Waals surface area contributed by atoms with Crippen LogP contribution >= 0.6 is 0 Å². The summed E-state index contributed by atoms with van der Waals surface area (Å²) in [6.07, 6.45) is -0.0715. The Hall–Kier alpha value is -3.66. The summed E-state index contributed by atoms with van der Waals surface area (Å²) in [5.74, 6) is -0.992. The molecule has 0 aliphatic carbocycles. The summed E-state index contributed by atoms with van der Waals surface area (Å²) in [5, 5.41) is 0.653. The third-order valence-corrected chi connectivity index (χ3v) is 6.18. The van der Waals surface area contributed by atoms with E-state index >= 15 is 0 Å². The lowest BCUT2D eigenvalue weighted by Crippen LogP contribution is -2.22. The minimum atomic E-state index is -3.63. The van der Waals surface area contributed by atoms with E-state index in [1.165, 1.54) is 6.07 Å². The van der Waals surface area contributed by atoms with Crippen LogP contribution in [0.5, 0.6) is 0 Å². The average Bonchev–Trinajstić information content (AvgIpc) is 3.27. The van der Waals surface area contributed by atoms with Crippen LogP contribution in [0.4, 0.5) is 0 Å². The molecule has 1 aromatic heterocycles. The number of rotatable bonds is 7. The number of benzene rings is 2. The zero-order valence-electron chi connectivity index (χ0n) is 17.2. The van der Waals surface area contributed by atoms with Crippen molar-refractivity contribution in [2.24, 2.45) is 4.99 Å². The third kappa shape index (κ3) is 4.22. The molecule has 0 radical (unpaired) electrons. The van der Waals surface area contributed by atoms with Crippen molar-refractivity contribution in [1.29, 1.82) is 0 Å². The minimum Gasteiger partial charge on any atom is -0.461 e. The van der Waals surface area contributed by atoms with Crippen LogP contribution < -0.4 is 4.72 Å². The Bertz CT molecular complexity index is 1330. The molecule has 0 amide bonds. The van der Waals surface area contributed by atoms with E-state index < -0.39 is 22.0 Å². The number of carbonyl (C=O) groups is 2. The van der Waals surface area contributed by atoms with Crippen LogP contribution in [0.15, 0.2) is 62.8 Å². The molecule has 2 heterocycles. The molecule has 1 aliphatic heterocycles. The van der Waals surface area contributed by atoms with Crippen LogP contribution in [-0.2, 0) is 30.9 Å². The van der Waals surface area contributed by atoms with Gasteiger partial charge in [0.1, 0.15) is 18.0 Å². The maximum atomic E-state index is 12.3. The van der Waals surface area contributed by atoms with Crippen LogP contribution in [-0.4, -0.2) is 39.3 Å². The molecule has 0 fully saturated rings. The lowest BCUT2D eigenvalue weighted by molar-refractivity contribution is -0.144. The van der Waals surface area contributed by atoms with Gasteiger partial charge in [-0.2, -0.15) is 0 Å². The number of sulfonamides is 1. The number of amidine groups is 1. The predicted octanol–water partition coefficient (Wildman–Crippen LogP) is 2.78. The van der Waals surface area contributed by atoms with Crippen LogP contribution in [0.25, 0.3) is 11.0 Å². The van der Waals surface area contributed by atoms with E-state index in [2.05, 4.69) is 9.71 Å². The minimum absolute atomic E-state index is 0.00179. The lowest BCUT2D eigenvalue weighted by atomic mass is 10.1. The van der Waals surface area contributed by atoms with Crippen LogP contribution in [0.2, 0.25) is 0 Å². The van der Waals surface area contributed by atoms with Crippen molar-refractivity contribution in [2.45, 2.75) is 24.8 Å². The Morgan fingerprint density at radius 1 is 1.06 bits per heavy atom. The van der Waals surface area contributed by atoms with Gasteiger partial charge in [0.15, 0.2) is 0 Å². The molecule has 10 heteroatoms. The molecule has 1 N–H and O–H groups in total. The highest BCUT2D eigenvalue weighted by atomic mass is 32.2. The Balaban J connectivity index is 1.42. The molecule has 1 aliphatic rings. The molecule has 0 spiro atoms. The summed E-state index contributed by atoms with van der Waals surface area (Å²) in [4.78, 5) is 28.8. The average molecular weight is 456 g/mol. The first-order chi connectivity index (χ1) is 15.4. The number of furan rings is 1. The molecule has 4 rings (SSSR count). The van der Waals surface area contributed by atoms with Gasteiger partial charge in [-0.1, -0.05) is 30.3 Å². The highest BCUT2D eigenvalue weighted by Crippen LogP contribution is 2.27. The van der Waals surface area contributed by atoms with E-state index in [1.54, 1.807) is 49.4 Å². The summed E-state index contributed by atoms with van der Waals surface area (Å²) in [7, 11) is -3.63. The van der Waals surface area contributed by atoms with E-state index in [9.17, 15) is 18.0 Å². The molecule has 0 atom stereocenters. The third-order valence-electron chi connectivity index (χ3n) is 4.79. The number of esters is 2. The highest BCUT2D eigenvalue weighted by molar-refractivity contribution is 7.90. The van der Waals surface area contributed by atoms with Crippen molar-refractivity contribution in [2.75, 3.05) is 13.2 Å². The maximum Gasteiger partial charge on any atom is 0.374 e. The van der Waals surface area contributed by atoms with Gasteiger partial charge in [0.05, 0.1) is 30.0 Å². The first-order valence-corrected chi connectivity index (χ1v) is 11.4. The van der Waals surface area contributed by atoms with Crippen molar-refractivity contribution >= 4 is 38.8 Å². The number of carbonyl (C=O) groups excluding carboxylic acids is 2. The number of nitrogens with zero attached hydrogens (tertiary/aromatic N) is 1. The summed E-state index contributed by atoms with van der Waals surface area (Å²) in [6, 6.07) is 13.5. The van der Waals surface area contributed by atoms with Gasteiger partial charge in [0, 0.05) is 10.9 Å². The molecular weight excluding hydrogens is 436 g/mol. The largest absolute Gasteiger partial charge is 0.461 e. The monoisotopic (exact) mass is 456 g/mol. The number of ether oxygens (including phenoxy) is 2. The maximum absolute atomic E-state index is 12.3. The zero-order chi connectivity index (χ0) is 22.7. The molecule has 166 valence electrons. The number of aliphatic imine (C=N–C) groups is 1. The van der Waals surface area contributed by atoms with Crippen LogP contribution in [0, 0.1) is 0 Å². The molecule has 32 heavy (non-hydrogen) atoms. The number of para-hydroxylation sites is 1. The van der Waals surface area contributed by atoms with Gasteiger partial charge in [-0.3, -0.25) is 14.5 Å².